The smallest absolute Gasteiger partial charge is 0.311 e. The summed E-state index contributed by atoms with van der Waals surface area (Å²) in [4.78, 5) is 15.0. The molecule has 104 valence electrons. The van der Waals surface area contributed by atoms with Crippen LogP contribution in [0.4, 0.5) is 11.4 Å². The zero-order chi connectivity index (χ0) is 14.1. The van der Waals surface area contributed by atoms with Gasteiger partial charge in [-0.15, -0.1) is 0 Å². The van der Waals surface area contributed by atoms with Gasteiger partial charge in [-0.3, -0.25) is 10.1 Å². The molecule has 20 heavy (non-hydrogen) atoms. The summed E-state index contributed by atoms with van der Waals surface area (Å²) in [6.07, 6.45) is 2.20. The van der Waals surface area contributed by atoms with Crippen molar-refractivity contribution >= 4 is 22.3 Å². The zero-order valence-corrected chi connectivity index (χ0v) is 11.1. The van der Waals surface area contributed by atoms with Crippen molar-refractivity contribution in [2.24, 2.45) is 0 Å². The molecular formula is C14H15N3O3. The first-order valence-electron chi connectivity index (χ1n) is 6.57. The van der Waals surface area contributed by atoms with Gasteiger partial charge in [0.2, 0.25) is 0 Å². The van der Waals surface area contributed by atoms with Crippen LogP contribution in [-0.4, -0.2) is 28.7 Å². The molecule has 2 heterocycles. The van der Waals surface area contributed by atoms with Gasteiger partial charge >= 0.3 is 5.69 Å². The summed E-state index contributed by atoms with van der Waals surface area (Å²) in [6.45, 7) is 2.65. The third-order valence-corrected chi connectivity index (χ3v) is 3.66. The topological polar surface area (TPSA) is 77.3 Å². The Balaban J connectivity index is 2.09. The minimum Gasteiger partial charge on any atom is -0.376 e. The van der Waals surface area contributed by atoms with E-state index in [0.717, 1.165) is 17.3 Å². The number of fused-ring (bicyclic) bond motifs is 1. The molecule has 1 aliphatic rings. The average Bonchev–Trinajstić information content (AvgIpc) is 2.84. The molecule has 0 amide bonds. The van der Waals surface area contributed by atoms with E-state index < -0.39 is 4.92 Å². The van der Waals surface area contributed by atoms with Crippen molar-refractivity contribution in [2.45, 2.75) is 25.5 Å². The molecule has 1 saturated heterocycles. The van der Waals surface area contributed by atoms with Crippen molar-refractivity contribution in [1.82, 2.24) is 4.98 Å². The van der Waals surface area contributed by atoms with Gasteiger partial charge in [-0.25, -0.2) is 4.98 Å². The van der Waals surface area contributed by atoms with Gasteiger partial charge in [0, 0.05) is 12.0 Å². The van der Waals surface area contributed by atoms with Crippen LogP contribution in [0.3, 0.4) is 0 Å². The highest BCUT2D eigenvalue weighted by molar-refractivity contribution is 5.95. The number of para-hydroxylation sites is 1. The predicted molar refractivity (Wildman–Crippen MR) is 75.8 cm³/mol. The number of anilines is 1. The SMILES string of the molecule is CC1OCCC1Nc1c([N+](=O)[O-])cnc2ccccc12. The van der Waals surface area contributed by atoms with E-state index in [2.05, 4.69) is 10.3 Å². The van der Waals surface area contributed by atoms with Crippen LogP contribution < -0.4 is 5.32 Å². The largest absolute Gasteiger partial charge is 0.376 e. The van der Waals surface area contributed by atoms with Gasteiger partial charge < -0.3 is 10.1 Å². The maximum Gasteiger partial charge on any atom is 0.311 e. The van der Waals surface area contributed by atoms with Crippen molar-refractivity contribution in [3.8, 4) is 0 Å². The van der Waals surface area contributed by atoms with Crippen LogP contribution in [0.1, 0.15) is 13.3 Å². The first-order valence-corrected chi connectivity index (χ1v) is 6.57. The molecule has 0 spiro atoms. The fraction of sp³-hybridized carbons (Fsp3) is 0.357. The highest BCUT2D eigenvalue weighted by Gasteiger charge is 2.27. The number of pyridine rings is 1. The van der Waals surface area contributed by atoms with Crippen LogP contribution in [0.2, 0.25) is 0 Å². The lowest BCUT2D eigenvalue weighted by Crippen LogP contribution is -2.27. The summed E-state index contributed by atoms with van der Waals surface area (Å²) in [5.41, 5.74) is 1.28. The second-order valence-electron chi connectivity index (χ2n) is 4.91. The molecule has 1 fully saturated rings. The first kappa shape index (κ1) is 12.8. The molecular weight excluding hydrogens is 258 g/mol. The standard InChI is InChI=1S/C14H15N3O3/c1-9-11(6-7-20-9)16-14-10-4-2-3-5-12(10)15-8-13(14)17(18)19/h2-5,8-9,11H,6-7H2,1H3,(H,15,16). The number of nitrogens with one attached hydrogen (secondary N) is 1. The van der Waals surface area contributed by atoms with E-state index >= 15 is 0 Å². The minimum absolute atomic E-state index is 0.00259. The molecule has 0 saturated carbocycles. The van der Waals surface area contributed by atoms with E-state index in [9.17, 15) is 10.1 Å². The Kier molecular flexibility index (Phi) is 3.23. The normalized spacial score (nSPS) is 22.1. The number of hydrogen-bond donors (Lipinski definition) is 1. The molecule has 1 N–H and O–H groups in total. The lowest BCUT2D eigenvalue weighted by atomic mass is 10.1. The van der Waals surface area contributed by atoms with Gasteiger partial charge in [0.25, 0.3) is 0 Å². The summed E-state index contributed by atoms with van der Waals surface area (Å²) < 4.78 is 5.50. The van der Waals surface area contributed by atoms with Crippen LogP contribution in [0.25, 0.3) is 10.9 Å². The number of hydrogen-bond acceptors (Lipinski definition) is 5. The van der Waals surface area contributed by atoms with E-state index in [-0.39, 0.29) is 17.8 Å². The number of rotatable bonds is 3. The molecule has 1 aromatic carbocycles. The summed E-state index contributed by atoms with van der Waals surface area (Å²) in [7, 11) is 0. The van der Waals surface area contributed by atoms with Crippen LogP contribution in [0, 0.1) is 10.1 Å². The van der Waals surface area contributed by atoms with Gasteiger partial charge in [0.1, 0.15) is 11.9 Å². The number of nitro groups is 1. The molecule has 1 aromatic heterocycles. The fourth-order valence-electron chi connectivity index (χ4n) is 2.53. The molecule has 6 heteroatoms. The van der Waals surface area contributed by atoms with Crippen LogP contribution >= 0.6 is 0 Å². The van der Waals surface area contributed by atoms with E-state index in [1.165, 1.54) is 6.20 Å². The lowest BCUT2D eigenvalue weighted by Gasteiger charge is -2.18. The van der Waals surface area contributed by atoms with Gasteiger partial charge in [-0.1, -0.05) is 18.2 Å². The molecule has 2 aromatic rings. The zero-order valence-electron chi connectivity index (χ0n) is 11.1. The average molecular weight is 273 g/mol. The summed E-state index contributed by atoms with van der Waals surface area (Å²) in [6, 6.07) is 7.50. The fourth-order valence-corrected chi connectivity index (χ4v) is 2.53. The second-order valence-corrected chi connectivity index (χ2v) is 4.91. The van der Waals surface area contributed by atoms with Crippen LogP contribution in [0.15, 0.2) is 30.5 Å². The third-order valence-electron chi connectivity index (χ3n) is 3.66. The molecule has 0 radical (unpaired) electrons. The van der Waals surface area contributed by atoms with Crippen molar-refractivity contribution in [3.63, 3.8) is 0 Å². The Morgan fingerprint density at radius 2 is 2.25 bits per heavy atom. The monoisotopic (exact) mass is 273 g/mol. The number of ether oxygens (including phenoxy) is 1. The summed E-state index contributed by atoms with van der Waals surface area (Å²) in [5, 5.41) is 15.3. The van der Waals surface area contributed by atoms with E-state index in [4.69, 9.17) is 4.74 Å². The molecule has 0 bridgehead atoms. The van der Waals surface area contributed by atoms with Crippen LogP contribution in [-0.2, 0) is 4.74 Å². The molecule has 2 atom stereocenters. The maximum absolute atomic E-state index is 11.2. The van der Waals surface area contributed by atoms with E-state index in [1.54, 1.807) is 0 Å². The van der Waals surface area contributed by atoms with Crippen molar-refractivity contribution in [3.05, 3.63) is 40.6 Å². The summed E-state index contributed by atoms with van der Waals surface area (Å²) >= 11 is 0. The Labute approximate surface area is 115 Å². The van der Waals surface area contributed by atoms with Crippen molar-refractivity contribution in [2.75, 3.05) is 11.9 Å². The molecule has 3 rings (SSSR count). The van der Waals surface area contributed by atoms with Gasteiger partial charge in [-0.05, 0) is 19.4 Å². The number of aromatic nitrogens is 1. The molecule has 0 aliphatic carbocycles. The third kappa shape index (κ3) is 2.18. The van der Waals surface area contributed by atoms with Gasteiger partial charge in [0.05, 0.1) is 22.6 Å². The lowest BCUT2D eigenvalue weighted by molar-refractivity contribution is -0.384. The van der Waals surface area contributed by atoms with Gasteiger partial charge in [-0.2, -0.15) is 0 Å². The van der Waals surface area contributed by atoms with E-state index in [0.29, 0.717) is 12.3 Å². The first-order chi connectivity index (χ1) is 9.66. The number of nitrogens with zero attached hydrogens (tertiary/aromatic N) is 2. The van der Waals surface area contributed by atoms with Crippen molar-refractivity contribution in [1.29, 1.82) is 0 Å². The minimum atomic E-state index is -0.401. The Bertz CT molecular complexity index is 659. The predicted octanol–water partition coefficient (Wildman–Crippen LogP) is 2.73. The second kappa shape index (κ2) is 5.05. The Morgan fingerprint density at radius 1 is 1.45 bits per heavy atom. The molecule has 2 unspecified atom stereocenters. The molecule has 6 nitrogen and oxygen atoms in total. The van der Waals surface area contributed by atoms with E-state index in [1.807, 2.05) is 31.2 Å². The number of benzene rings is 1. The highest BCUT2D eigenvalue weighted by Crippen LogP contribution is 2.33. The van der Waals surface area contributed by atoms with Crippen molar-refractivity contribution < 1.29 is 9.66 Å². The quantitative estimate of drug-likeness (QED) is 0.687. The Hall–Kier alpha value is -2.21. The highest BCUT2D eigenvalue weighted by atomic mass is 16.6. The molecule has 1 aliphatic heterocycles. The van der Waals surface area contributed by atoms with Crippen LogP contribution in [0.5, 0.6) is 0 Å². The van der Waals surface area contributed by atoms with Gasteiger partial charge in [0.15, 0.2) is 0 Å². The Morgan fingerprint density at radius 3 is 2.95 bits per heavy atom. The maximum atomic E-state index is 11.2. The summed E-state index contributed by atoms with van der Waals surface area (Å²) in [5.74, 6) is 0.